The lowest BCUT2D eigenvalue weighted by Gasteiger charge is -2.33. The molecule has 2 heterocycles. The second kappa shape index (κ2) is 5.33. The topological polar surface area (TPSA) is 70.6 Å². The number of hydrogen-bond donors (Lipinski definition) is 0. The van der Waals surface area contributed by atoms with E-state index in [1.165, 1.54) is 4.31 Å². The van der Waals surface area contributed by atoms with Gasteiger partial charge in [0, 0.05) is 32.4 Å². The largest absolute Gasteiger partial charge is 0.335 e. The van der Waals surface area contributed by atoms with Crippen molar-refractivity contribution in [1.82, 2.24) is 13.6 Å². The van der Waals surface area contributed by atoms with Gasteiger partial charge in [-0.15, -0.1) is 0 Å². The molecule has 1 aromatic rings. The lowest BCUT2D eigenvalue weighted by molar-refractivity contribution is 0.0703. The molecular weight excluding hydrogens is 274 g/mol. The fourth-order valence-corrected chi connectivity index (χ4v) is 3.48. The number of hydrogen-bond acceptors (Lipinski definition) is 5. The first-order valence-electron chi connectivity index (χ1n) is 5.72. The van der Waals surface area contributed by atoms with Gasteiger partial charge in [-0.3, -0.25) is 4.79 Å². The summed E-state index contributed by atoms with van der Waals surface area (Å²) in [6, 6.07) is 1.68. The monoisotopic (exact) mass is 289 g/mol. The van der Waals surface area contributed by atoms with Gasteiger partial charge in [0.05, 0.1) is 5.75 Å². The Bertz CT molecular complexity index is 504. The van der Waals surface area contributed by atoms with E-state index in [0.717, 1.165) is 11.5 Å². The number of piperazine rings is 1. The molecule has 0 N–H and O–H groups in total. The molecule has 18 heavy (non-hydrogen) atoms. The summed E-state index contributed by atoms with van der Waals surface area (Å²) >= 11 is 1.16. The first-order chi connectivity index (χ1) is 8.54. The second-order valence-electron chi connectivity index (χ2n) is 3.97. The van der Waals surface area contributed by atoms with Crippen molar-refractivity contribution in [3.63, 3.8) is 0 Å². The molecule has 6 nitrogen and oxygen atoms in total. The lowest BCUT2D eigenvalue weighted by Crippen LogP contribution is -2.50. The predicted octanol–water partition coefficient (Wildman–Crippen LogP) is 0.251. The van der Waals surface area contributed by atoms with Gasteiger partial charge in [0.2, 0.25) is 10.0 Å². The number of sulfonamides is 1. The molecule has 0 unspecified atom stereocenters. The van der Waals surface area contributed by atoms with Crippen LogP contribution in [0.3, 0.4) is 0 Å². The van der Waals surface area contributed by atoms with E-state index in [1.54, 1.807) is 24.1 Å². The Morgan fingerprint density at radius 1 is 1.39 bits per heavy atom. The number of carbonyl (C=O) groups is 1. The Morgan fingerprint density at radius 2 is 2.06 bits per heavy atom. The highest BCUT2D eigenvalue weighted by Gasteiger charge is 2.28. The second-order valence-corrected chi connectivity index (χ2v) is 7.06. The molecule has 1 aromatic heterocycles. The summed E-state index contributed by atoms with van der Waals surface area (Å²) in [6.45, 7) is 3.26. The van der Waals surface area contributed by atoms with Gasteiger partial charge in [0.1, 0.15) is 4.88 Å². The van der Waals surface area contributed by atoms with Crippen LogP contribution in [0.25, 0.3) is 0 Å². The molecular formula is C10H15N3O3S2. The van der Waals surface area contributed by atoms with Gasteiger partial charge < -0.3 is 4.90 Å². The molecule has 2 rings (SSSR count). The average molecular weight is 289 g/mol. The zero-order chi connectivity index (χ0) is 13.2. The molecule has 0 aromatic carbocycles. The molecule has 0 spiro atoms. The minimum atomic E-state index is -3.14. The Labute approximate surface area is 110 Å². The van der Waals surface area contributed by atoms with Gasteiger partial charge in [-0.25, -0.2) is 12.8 Å². The van der Waals surface area contributed by atoms with E-state index in [9.17, 15) is 13.2 Å². The van der Waals surface area contributed by atoms with Crippen molar-refractivity contribution in [2.45, 2.75) is 6.92 Å². The minimum absolute atomic E-state index is 0.0638. The SMILES string of the molecule is CCS(=O)(=O)N1CCN(C(=O)c2ccns2)CC1. The smallest absolute Gasteiger partial charge is 0.265 e. The first-order valence-corrected chi connectivity index (χ1v) is 8.10. The summed E-state index contributed by atoms with van der Waals surface area (Å²) in [6.07, 6.45) is 1.59. The molecule has 1 saturated heterocycles. The molecule has 1 amide bonds. The zero-order valence-electron chi connectivity index (χ0n) is 10.1. The van der Waals surface area contributed by atoms with Gasteiger partial charge in [-0.05, 0) is 24.5 Å². The van der Waals surface area contributed by atoms with Crippen molar-refractivity contribution in [2.75, 3.05) is 31.9 Å². The maximum Gasteiger partial charge on any atom is 0.265 e. The van der Waals surface area contributed by atoms with E-state index < -0.39 is 10.0 Å². The highest BCUT2D eigenvalue weighted by atomic mass is 32.2. The fourth-order valence-electron chi connectivity index (χ4n) is 1.83. The third kappa shape index (κ3) is 2.70. The summed E-state index contributed by atoms with van der Waals surface area (Å²) in [4.78, 5) is 14.3. The Morgan fingerprint density at radius 3 is 2.56 bits per heavy atom. The Balaban J connectivity index is 1.97. The number of carbonyl (C=O) groups excluding carboxylic acids is 1. The van der Waals surface area contributed by atoms with E-state index in [4.69, 9.17) is 0 Å². The van der Waals surface area contributed by atoms with E-state index in [2.05, 4.69) is 4.37 Å². The molecule has 8 heteroatoms. The molecule has 0 saturated carbocycles. The maximum atomic E-state index is 12.0. The van der Waals surface area contributed by atoms with Crippen LogP contribution in [-0.2, 0) is 10.0 Å². The number of nitrogens with zero attached hydrogens (tertiary/aromatic N) is 3. The van der Waals surface area contributed by atoms with Crippen LogP contribution in [0.2, 0.25) is 0 Å². The van der Waals surface area contributed by atoms with Crippen molar-refractivity contribution < 1.29 is 13.2 Å². The lowest BCUT2D eigenvalue weighted by atomic mass is 10.3. The van der Waals surface area contributed by atoms with Crippen LogP contribution in [0.15, 0.2) is 12.3 Å². The molecule has 1 fully saturated rings. The summed E-state index contributed by atoms with van der Waals surface area (Å²) in [5, 5.41) is 0. The van der Waals surface area contributed by atoms with Crippen molar-refractivity contribution in [2.24, 2.45) is 0 Å². The van der Waals surface area contributed by atoms with Crippen molar-refractivity contribution in [1.29, 1.82) is 0 Å². The normalized spacial score (nSPS) is 17.9. The van der Waals surface area contributed by atoms with Crippen LogP contribution in [0.1, 0.15) is 16.6 Å². The van der Waals surface area contributed by atoms with Crippen molar-refractivity contribution in [3.05, 3.63) is 17.1 Å². The van der Waals surface area contributed by atoms with Gasteiger partial charge >= 0.3 is 0 Å². The van der Waals surface area contributed by atoms with Crippen LogP contribution in [0.4, 0.5) is 0 Å². The van der Waals surface area contributed by atoms with Gasteiger partial charge in [-0.2, -0.15) is 4.31 Å². The van der Waals surface area contributed by atoms with E-state index in [1.807, 2.05) is 0 Å². The first kappa shape index (κ1) is 13.4. The van der Waals surface area contributed by atoms with E-state index in [-0.39, 0.29) is 11.7 Å². The summed E-state index contributed by atoms with van der Waals surface area (Å²) in [5.74, 6) is 0.0431. The molecule has 0 atom stereocenters. The maximum absolute atomic E-state index is 12.0. The van der Waals surface area contributed by atoms with Crippen LogP contribution in [0, 0.1) is 0 Å². The van der Waals surface area contributed by atoms with Gasteiger partial charge in [-0.1, -0.05) is 0 Å². The number of aromatic nitrogens is 1. The van der Waals surface area contributed by atoms with Crippen LogP contribution < -0.4 is 0 Å². The zero-order valence-corrected chi connectivity index (χ0v) is 11.7. The fraction of sp³-hybridized carbons (Fsp3) is 0.600. The summed E-state index contributed by atoms with van der Waals surface area (Å²) in [7, 11) is -3.14. The van der Waals surface area contributed by atoms with Crippen LogP contribution in [0.5, 0.6) is 0 Å². The summed E-state index contributed by atoms with van der Waals surface area (Å²) in [5.41, 5.74) is 0. The molecule has 100 valence electrons. The van der Waals surface area contributed by atoms with Crippen molar-refractivity contribution in [3.8, 4) is 0 Å². The van der Waals surface area contributed by atoms with Crippen LogP contribution in [-0.4, -0.2) is 59.8 Å². The molecule has 1 aliphatic rings. The third-order valence-electron chi connectivity index (χ3n) is 2.93. The third-order valence-corrected chi connectivity index (χ3v) is 5.55. The van der Waals surface area contributed by atoms with Crippen LogP contribution >= 0.6 is 11.5 Å². The Kier molecular flexibility index (Phi) is 3.98. The van der Waals surface area contributed by atoms with Crippen molar-refractivity contribution >= 4 is 27.5 Å². The van der Waals surface area contributed by atoms with Gasteiger partial charge in [0.25, 0.3) is 5.91 Å². The number of amides is 1. The highest BCUT2D eigenvalue weighted by molar-refractivity contribution is 7.89. The molecule has 0 bridgehead atoms. The Hall–Kier alpha value is -0.990. The minimum Gasteiger partial charge on any atom is -0.335 e. The van der Waals surface area contributed by atoms with E-state index >= 15 is 0 Å². The predicted molar refractivity (Wildman–Crippen MR) is 69.1 cm³/mol. The molecule has 0 aliphatic carbocycles. The molecule has 0 radical (unpaired) electrons. The van der Waals surface area contributed by atoms with E-state index in [0.29, 0.717) is 31.1 Å². The van der Waals surface area contributed by atoms with Gasteiger partial charge in [0.15, 0.2) is 0 Å². The average Bonchev–Trinajstić information content (AvgIpc) is 2.92. The standard InChI is InChI=1S/C10H15N3O3S2/c1-2-18(15,16)13-7-5-12(6-8-13)10(14)9-3-4-11-17-9/h3-4H,2,5-8H2,1H3. The summed E-state index contributed by atoms with van der Waals surface area (Å²) < 4.78 is 28.7. The molecule has 1 aliphatic heterocycles. The highest BCUT2D eigenvalue weighted by Crippen LogP contribution is 2.13. The quantitative estimate of drug-likeness (QED) is 0.800. The number of rotatable bonds is 3.